The molecule has 0 spiro atoms. The van der Waals surface area contributed by atoms with Crippen molar-refractivity contribution < 1.29 is 103 Å². The van der Waals surface area contributed by atoms with Gasteiger partial charge in [-0.2, -0.15) is 29.8 Å². The summed E-state index contributed by atoms with van der Waals surface area (Å²) in [6.07, 6.45) is 10.8. The van der Waals surface area contributed by atoms with E-state index in [2.05, 4.69) is 5.32 Å². The summed E-state index contributed by atoms with van der Waals surface area (Å²) < 4.78 is 206. The molecule has 30 heteroatoms. The maximum absolute atomic E-state index is 15.0. The average molecular weight is 1470 g/mol. The summed E-state index contributed by atoms with van der Waals surface area (Å²) in [5, 5.41) is 4.37. The van der Waals surface area contributed by atoms with Gasteiger partial charge in [0.25, 0.3) is 30.4 Å². The van der Waals surface area contributed by atoms with Crippen LogP contribution in [0.5, 0.6) is 23.0 Å². The maximum Gasteiger partial charge on any atom is 0.295 e. The molecule has 0 radical (unpaired) electrons. The Morgan fingerprint density at radius 3 is 1.86 bits per heavy atom. The molecule has 1 amide bonds. The predicted molar refractivity (Wildman–Crippen MR) is 375 cm³/mol. The highest BCUT2D eigenvalue weighted by atomic mass is 32.2. The molecule has 10 rings (SSSR count). The van der Waals surface area contributed by atoms with Crippen LogP contribution in [0.15, 0.2) is 156 Å². The van der Waals surface area contributed by atoms with Gasteiger partial charge in [0.05, 0.1) is 97.2 Å². The number of nitrogens with one attached hydrogen (secondary N) is 1. The predicted octanol–water partition coefficient (Wildman–Crippen LogP) is 10.7. The summed E-state index contributed by atoms with van der Waals surface area (Å²) in [7, 11) is -15.7. The molecule has 538 valence electrons. The zero-order chi connectivity index (χ0) is 73.1. The van der Waals surface area contributed by atoms with Crippen LogP contribution >= 0.6 is 0 Å². The smallest absolute Gasteiger partial charge is 0.295 e. The second-order valence-electron chi connectivity index (χ2n) is 24.8. The lowest BCUT2D eigenvalue weighted by atomic mass is 9.79. The van der Waals surface area contributed by atoms with E-state index in [0.29, 0.717) is 101 Å². The molecule has 25 nitrogen and oxygen atoms in total. The number of unbranched alkanes of at least 4 members (excludes halogenated alkanes) is 2. The highest BCUT2D eigenvalue weighted by Crippen LogP contribution is 2.52. The molecule has 8 aromatic rings. The molecule has 0 atom stereocenters. The van der Waals surface area contributed by atoms with E-state index in [0.717, 1.165) is 11.8 Å². The molecule has 2 aliphatic heterocycles. The van der Waals surface area contributed by atoms with Gasteiger partial charge >= 0.3 is 0 Å². The number of methoxy groups -OCH3 is 3. The highest BCUT2D eigenvalue weighted by molar-refractivity contribution is 7.87. The Labute approximate surface area is 583 Å². The van der Waals surface area contributed by atoms with Gasteiger partial charge in [0.1, 0.15) is 62.7 Å². The van der Waals surface area contributed by atoms with Gasteiger partial charge in [-0.1, -0.05) is 38.1 Å². The van der Waals surface area contributed by atoms with Crippen LogP contribution in [-0.4, -0.2) is 155 Å². The van der Waals surface area contributed by atoms with E-state index >= 15 is 4.39 Å². The minimum atomic E-state index is -5.26. The summed E-state index contributed by atoms with van der Waals surface area (Å²) in [5.74, 6) is 0.722. The molecule has 4 N–H and O–H groups in total. The monoisotopic (exact) mass is 1470 g/mol. The number of carbonyl (C=O) groups excluding carboxylic acids is 1. The van der Waals surface area contributed by atoms with Crippen molar-refractivity contribution in [2.75, 3.05) is 92.1 Å². The van der Waals surface area contributed by atoms with Crippen molar-refractivity contribution in [3.05, 3.63) is 154 Å². The molecule has 0 bridgehead atoms. The summed E-state index contributed by atoms with van der Waals surface area (Å²) in [6.45, 7) is 11.8. The van der Waals surface area contributed by atoms with E-state index < -0.39 is 82.1 Å². The molecule has 3 heterocycles. The van der Waals surface area contributed by atoms with E-state index in [1.807, 2.05) is 56.2 Å². The van der Waals surface area contributed by atoms with Gasteiger partial charge in [-0.25, -0.2) is 12.8 Å². The lowest BCUT2D eigenvalue weighted by molar-refractivity contribution is -0.438. The first-order chi connectivity index (χ1) is 47.7. The van der Waals surface area contributed by atoms with Gasteiger partial charge < -0.3 is 52.3 Å². The number of likely N-dealkylation sites (N-methyl/N-ethyl adjacent to an activating group) is 1. The Hall–Kier alpha value is -8.66. The molecular weight excluding hydrogens is 1390 g/mol. The minimum Gasteiger partial charge on any atom is -0.744 e. The summed E-state index contributed by atoms with van der Waals surface area (Å²) in [5.41, 5.74) is 1.85. The second kappa shape index (κ2) is 30.1. The first-order valence-electron chi connectivity index (χ1n) is 32.0. The van der Waals surface area contributed by atoms with Crippen LogP contribution in [0, 0.1) is 5.82 Å². The van der Waals surface area contributed by atoms with Crippen molar-refractivity contribution in [1.82, 2.24) is 5.32 Å². The molecule has 101 heavy (non-hydrogen) atoms. The van der Waals surface area contributed by atoms with Crippen molar-refractivity contribution in [1.29, 1.82) is 0 Å². The van der Waals surface area contributed by atoms with Crippen molar-refractivity contribution in [2.24, 2.45) is 0 Å². The van der Waals surface area contributed by atoms with Gasteiger partial charge in [-0.3, -0.25) is 23.2 Å². The van der Waals surface area contributed by atoms with Crippen molar-refractivity contribution in [3.8, 4) is 34.3 Å². The molecule has 2 aliphatic rings. The molecule has 0 saturated heterocycles. The average Bonchev–Trinajstić information content (AvgIpc) is 1.61. The van der Waals surface area contributed by atoms with Crippen molar-refractivity contribution in [3.63, 3.8) is 0 Å². The van der Waals surface area contributed by atoms with Crippen molar-refractivity contribution in [2.45, 2.75) is 90.7 Å². The van der Waals surface area contributed by atoms with Gasteiger partial charge in [-0.15, -0.1) is 0 Å². The Morgan fingerprint density at radius 2 is 1.24 bits per heavy atom. The lowest BCUT2D eigenvalue weighted by Crippen LogP contribution is -2.28. The number of halogens is 1. The number of allylic oxidation sites excluding steroid dienone is 6. The summed E-state index contributed by atoms with van der Waals surface area (Å²) in [4.78, 5) is 25.4. The van der Waals surface area contributed by atoms with Crippen LogP contribution in [0.3, 0.4) is 0 Å². The Balaban J connectivity index is 0.712. The maximum atomic E-state index is 15.0. The fraction of sp³-hybridized carbons (Fsp3) is 0.338. The number of ether oxygens (including phenoxy) is 7. The normalized spacial score (nSPS) is 15.1. The molecule has 7 aromatic carbocycles. The van der Waals surface area contributed by atoms with Crippen LogP contribution in [0.1, 0.15) is 71.4 Å². The Kier molecular flexibility index (Phi) is 22.4. The second-order valence-corrected chi connectivity index (χ2v) is 30.4. The van der Waals surface area contributed by atoms with Crippen LogP contribution in [0.2, 0.25) is 0 Å². The van der Waals surface area contributed by atoms with E-state index in [1.165, 1.54) is 57.7 Å². The van der Waals surface area contributed by atoms with Crippen LogP contribution in [0.25, 0.3) is 54.6 Å². The topological polar surface area (TPSA) is 350 Å². The van der Waals surface area contributed by atoms with Crippen molar-refractivity contribution >= 4 is 107 Å². The zero-order valence-electron chi connectivity index (χ0n) is 56.5. The van der Waals surface area contributed by atoms with Gasteiger partial charge in [-0.05, 0) is 123 Å². The zero-order valence-corrected chi connectivity index (χ0v) is 59.7. The first-order valence-corrected chi connectivity index (χ1v) is 37.7. The molecule has 0 fully saturated rings. The van der Waals surface area contributed by atoms with Gasteiger partial charge in [0.2, 0.25) is 11.6 Å². The van der Waals surface area contributed by atoms with Crippen LogP contribution in [-0.2, 0) is 70.3 Å². The fourth-order valence-corrected chi connectivity index (χ4v) is 15.9. The molecule has 0 saturated carbocycles. The number of rotatable bonds is 31. The quantitative estimate of drug-likeness (QED) is 0.0103. The molecular formula is C71H76FN3O22S4. The highest BCUT2D eigenvalue weighted by Gasteiger charge is 2.46. The third kappa shape index (κ3) is 15.9. The standard InChI is InChI=1S/C71H76FN3O22S4/c1-9-74-53-21-19-48-50(37-46(98(78,79)80)39-60(48)100(84,85)86)67(53)70(2,3)62(74)16-12-10-13-17-63-71(4,5)68-51-38-47(99(81,82)83)40-61(101(87,88)89)49(51)20-22-54(68)75(63)26-15-11-14-18-64(77)73-25-27-93-28-29-94-30-31-95-32-33-96-45-35-43(34-44(72)36-45)58-42-55(76)52-41-59(92-8)65-56(90-6)23-24-57(91-7)66(65)69(52)97-58/h10,12-13,16-17,19-24,34-42H,9,11,14-15,18,25-33H2,1-8H3,(H4-,73,77,78,79,80,81,82,83,84,85,86,87,88,89). The number of hydrogen-bond acceptors (Lipinski definition) is 20. The van der Waals surface area contributed by atoms with E-state index in [-0.39, 0.29) is 115 Å². The fourth-order valence-electron chi connectivity index (χ4n) is 13.3. The Bertz CT molecular complexity index is 5280. The number of amides is 1. The minimum absolute atomic E-state index is 0.0403. The number of hydrogen-bond donors (Lipinski definition) is 4. The Morgan fingerprint density at radius 1 is 0.634 bits per heavy atom. The van der Waals surface area contributed by atoms with Crippen LogP contribution < -0.4 is 34.6 Å². The SMILES string of the molecule is CCN1/C(=C/C=C/C=C/C2=[N+](CCCCCC(=O)NCCOCCOCCOCCOc3cc(F)cc(-c4cc(=O)c5cc(OC)c6c(OC)ccc(OC)c6c5o4)c3)c3ccc4c(S(=O)(=O)[O-])cc(S(=O)(=O)O)cc4c3C2(C)C)C(C)(C)c2c1ccc1c(S(=O)(=O)O)cc(S(=O)(=O)O)cc21. The molecule has 0 aliphatic carbocycles. The molecule has 1 aromatic heterocycles. The number of nitrogens with zero attached hydrogens (tertiary/aromatic N) is 2. The van der Waals surface area contributed by atoms with E-state index in [9.17, 15) is 61.5 Å². The number of fused-ring (bicyclic) bond motifs is 9. The number of benzene rings is 7. The van der Waals surface area contributed by atoms with Gasteiger partial charge in [0, 0.05) is 88.9 Å². The first kappa shape index (κ1) is 75.0. The van der Waals surface area contributed by atoms with E-state index in [1.54, 1.807) is 54.6 Å². The molecule has 0 unspecified atom stereocenters. The third-order valence-corrected chi connectivity index (χ3v) is 21.2. The number of anilines is 1. The summed E-state index contributed by atoms with van der Waals surface area (Å²) in [6, 6.07) is 20.1. The van der Waals surface area contributed by atoms with E-state index in [4.69, 9.17) is 37.6 Å². The summed E-state index contributed by atoms with van der Waals surface area (Å²) >= 11 is 0. The van der Waals surface area contributed by atoms with Gasteiger partial charge in [0.15, 0.2) is 16.7 Å². The third-order valence-electron chi connectivity index (χ3n) is 17.8. The number of carbonyl (C=O) groups is 1. The largest absolute Gasteiger partial charge is 0.744 e. The van der Waals surface area contributed by atoms with Crippen LogP contribution in [0.4, 0.5) is 15.8 Å². The lowest BCUT2D eigenvalue weighted by Gasteiger charge is -2.26.